The Hall–Kier alpha value is -1.55. The number of amides is 1. The highest BCUT2D eigenvalue weighted by Crippen LogP contribution is 2.17. The van der Waals surface area contributed by atoms with Gasteiger partial charge in [-0.1, -0.05) is 18.6 Å². The highest BCUT2D eigenvalue weighted by atomic mass is 16.3. The number of hydrogen-bond donors (Lipinski definition) is 3. The molecule has 1 rings (SSSR count). The lowest BCUT2D eigenvalue weighted by Gasteiger charge is -2.12. The maximum absolute atomic E-state index is 11.8. The Balaban J connectivity index is 2.61. The molecule has 0 aromatic heterocycles. The number of nitrogens with one attached hydrogen (secondary N) is 2. The average Bonchev–Trinajstić information content (AvgIpc) is 2.29. The van der Waals surface area contributed by atoms with Crippen LogP contribution in [0.4, 0.5) is 0 Å². The van der Waals surface area contributed by atoms with Crippen LogP contribution in [0.3, 0.4) is 0 Å². The highest BCUT2D eigenvalue weighted by Gasteiger charge is 2.11. The first-order chi connectivity index (χ1) is 8.04. The van der Waals surface area contributed by atoms with Crippen LogP contribution in [0.5, 0.6) is 5.75 Å². The minimum absolute atomic E-state index is 0.0226. The number of benzene rings is 1. The van der Waals surface area contributed by atoms with Gasteiger partial charge in [0, 0.05) is 6.54 Å². The van der Waals surface area contributed by atoms with Crippen molar-refractivity contribution in [3.8, 4) is 5.75 Å². The van der Waals surface area contributed by atoms with E-state index in [0.717, 1.165) is 12.1 Å². The molecule has 0 heterocycles. The van der Waals surface area contributed by atoms with Gasteiger partial charge in [-0.3, -0.25) is 4.79 Å². The van der Waals surface area contributed by atoms with Gasteiger partial charge in [-0.2, -0.15) is 0 Å². The molecule has 1 aromatic rings. The summed E-state index contributed by atoms with van der Waals surface area (Å²) < 4.78 is 0. The number of hydrogen-bond acceptors (Lipinski definition) is 3. The van der Waals surface area contributed by atoms with Crippen molar-refractivity contribution in [1.82, 2.24) is 10.6 Å². The second kappa shape index (κ2) is 6.25. The molecule has 4 nitrogen and oxygen atoms in total. The first kappa shape index (κ1) is 13.5. The number of phenolic OH excluding ortho intramolecular Hbond substituents is 1. The van der Waals surface area contributed by atoms with Gasteiger partial charge in [0.05, 0.1) is 5.56 Å². The minimum Gasteiger partial charge on any atom is -0.507 e. The standard InChI is InChI=1S/C13H20N2O2/c1-9-4-5-12(16)11(6-9)13(17)15-8-10(2)7-14-3/h4-6,10,14,16H,7-8H2,1-3H3,(H,15,17). The summed E-state index contributed by atoms with van der Waals surface area (Å²) in [6.07, 6.45) is 0. The molecular formula is C13H20N2O2. The summed E-state index contributed by atoms with van der Waals surface area (Å²) in [7, 11) is 1.88. The molecule has 0 fully saturated rings. The number of rotatable bonds is 5. The van der Waals surface area contributed by atoms with E-state index < -0.39 is 0 Å². The van der Waals surface area contributed by atoms with Crippen LogP contribution in [-0.2, 0) is 0 Å². The molecule has 0 aliphatic heterocycles. The third-order valence-electron chi connectivity index (χ3n) is 2.56. The minimum atomic E-state index is -0.228. The predicted octanol–water partition coefficient (Wildman–Crippen LogP) is 1.29. The summed E-state index contributed by atoms with van der Waals surface area (Å²) in [5.74, 6) is 0.152. The molecular weight excluding hydrogens is 216 g/mol. The smallest absolute Gasteiger partial charge is 0.255 e. The fraction of sp³-hybridized carbons (Fsp3) is 0.462. The Bertz CT molecular complexity index is 391. The zero-order chi connectivity index (χ0) is 12.8. The van der Waals surface area contributed by atoms with E-state index in [-0.39, 0.29) is 11.7 Å². The Labute approximate surface area is 102 Å². The second-order valence-corrected chi connectivity index (χ2v) is 4.39. The molecule has 1 unspecified atom stereocenters. The van der Waals surface area contributed by atoms with E-state index in [9.17, 15) is 9.90 Å². The molecule has 1 atom stereocenters. The molecule has 0 aliphatic rings. The molecule has 0 radical (unpaired) electrons. The van der Waals surface area contributed by atoms with Crippen LogP contribution in [-0.4, -0.2) is 31.2 Å². The summed E-state index contributed by atoms with van der Waals surface area (Å²) in [6.45, 7) is 5.37. The summed E-state index contributed by atoms with van der Waals surface area (Å²) in [4.78, 5) is 11.8. The number of carbonyl (C=O) groups excluding carboxylic acids is 1. The molecule has 1 aromatic carbocycles. The fourth-order valence-electron chi connectivity index (χ4n) is 1.61. The van der Waals surface area contributed by atoms with Gasteiger partial charge in [-0.05, 0) is 38.6 Å². The van der Waals surface area contributed by atoms with E-state index in [1.165, 1.54) is 0 Å². The van der Waals surface area contributed by atoms with Crippen molar-refractivity contribution in [2.24, 2.45) is 5.92 Å². The van der Waals surface area contributed by atoms with E-state index >= 15 is 0 Å². The zero-order valence-electron chi connectivity index (χ0n) is 10.6. The first-order valence-electron chi connectivity index (χ1n) is 5.77. The molecule has 0 bridgehead atoms. The molecule has 4 heteroatoms. The lowest BCUT2D eigenvalue weighted by Crippen LogP contribution is -2.32. The highest BCUT2D eigenvalue weighted by molar-refractivity contribution is 5.96. The van der Waals surface area contributed by atoms with Crippen molar-refractivity contribution < 1.29 is 9.90 Å². The van der Waals surface area contributed by atoms with Gasteiger partial charge in [0.2, 0.25) is 0 Å². The normalized spacial score (nSPS) is 12.2. The van der Waals surface area contributed by atoms with Crippen molar-refractivity contribution in [1.29, 1.82) is 0 Å². The van der Waals surface area contributed by atoms with Crippen molar-refractivity contribution >= 4 is 5.91 Å². The van der Waals surface area contributed by atoms with E-state index in [0.29, 0.717) is 18.0 Å². The third-order valence-corrected chi connectivity index (χ3v) is 2.56. The molecule has 1 amide bonds. The van der Waals surface area contributed by atoms with Crippen LogP contribution in [0.2, 0.25) is 0 Å². The topological polar surface area (TPSA) is 61.4 Å². The number of phenols is 1. The summed E-state index contributed by atoms with van der Waals surface area (Å²) >= 11 is 0. The number of carbonyl (C=O) groups is 1. The average molecular weight is 236 g/mol. The van der Waals surface area contributed by atoms with E-state index in [1.54, 1.807) is 18.2 Å². The van der Waals surface area contributed by atoms with Crippen molar-refractivity contribution in [2.75, 3.05) is 20.1 Å². The zero-order valence-corrected chi connectivity index (χ0v) is 10.6. The van der Waals surface area contributed by atoms with Crippen LogP contribution in [0.25, 0.3) is 0 Å². The van der Waals surface area contributed by atoms with Gasteiger partial charge in [0.15, 0.2) is 0 Å². The Morgan fingerprint density at radius 3 is 2.76 bits per heavy atom. The molecule has 94 valence electrons. The third kappa shape index (κ3) is 4.07. The molecule has 0 spiro atoms. The van der Waals surface area contributed by atoms with Crippen LogP contribution in [0.15, 0.2) is 18.2 Å². The molecule has 0 saturated heterocycles. The van der Waals surface area contributed by atoms with Gasteiger partial charge in [0.1, 0.15) is 5.75 Å². The van der Waals surface area contributed by atoms with Crippen molar-refractivity contribution in [2.45, 2.75) is 13.8 Å². The van der Waals surface area contributed by atoms with Crippen LogP contribution >= 0.6 is 0 Å². The van der Waals surface area contributed by atoms with Gasteiger partial charge in [-0.25, -0.2) is 0 Å². The maximum atomic E-state index is 11.8. The molecule has 0 aliphatic carbocycles. The monoisotopic (exact) mass is 236 g/mol. The fourth-order valence-corrected chi connectivity index (χ4v) is 1.61. The Kier molecular flexibility index (Phi) is 4.97. The largest absolute Gasteiger partial charge is 0.507 e. The number of aromatic hydroxyl groups is 1. The first-order valence-corrected chi connectivity index (χ1v) is 5.77. The van der Waals surface area contributed by atoms with E-state index in [4.69, 9.17) is 0 Å². The van der Waals surface area contributed by atoms with Crippen LogP contribution in [0, 0.1) is 12.8 Å². The molecule has 0 saturated carbocycles. The van der Waals surface area contributed by atoms with Crippen LogP contribution < -0.4 is 10.6 Å². The summed E-state index contributed by atoms with van der Waals surface area (Å²) in [6, 6.07) is 5.00. The lowest BCUT2D eigenvalue weighted by molar-refractivity contribution is 0.0945. The number of aryl methyl sites for hydroxylation is 1. The van der Waals surface area contributed by atoms with Crippen molar-refractivity contribution in [3.05, 3.63) is 29.3 Å². The van der Waals surface area contributed by atoms with E-state index in [1.807, 2.05) is 20.9 Å². The maximum Gasteiger partial charge on any atom is 0.255 e. The Morgan fingerprint density at radius 1 is 1.41 bits per heavy atom. The second-order valence-electron chi connectivity index (χ2n) is 4.39. The molecule has 17 heavy (non-hydrogen) atoms. The predicted molar refractivity (Wildman–Crippen MR) is 68.3 cm³/mol. The molecule has 3 N–H and O–H groups in total. The summed E-state index contributed by atoms with van der Waals surface area (Å²) in [5.41, 5.74) is 1.29. The van der Waals surface area contributed by atoms with Gasteiger partial charge in [-0.15, -0.1) is 0 Å². The quantitative estimate of drug-likeness (QED) is 0.722. The van der Waals surface area contributed by atoms with Crippen molar-refractivity contribution in [3.63, 3.8) is 0 Å². The van der Waals surface area contributed by atoms with Crippen LogP contribution in [0.1, 0.15) is 22.8 Å². The van der Waals surface area contributed by atoms with Gasteiger partial charge < -0.3 is 15.7 Å². The van der Waals surface area contributed by atoms with Gasteiger partial charge >= 0.3 is 0 Å². The van der Waals surface area contributed by atoms with Gasteiger partial charge in [0.25, 0.3) is 5.91 Å². The lowest BCUT2D eigenvalue weighted by atomic mass is 10.1. The Morgan fingerprint density at radius 2 is 2.12 bits per heavy atom. The SMILES string of the molecule is CNCC(C)CNC(=O)c1cc(C)ccc1O. The summed E-state index contributed by atoms with van der Waals surface area (Å²) in [5, 5.41) is 15.5. The van der Waals surface area contributed by atoms with E-state index in [2.05, 4.69) is 10.6 Å².